The standard InChI is InChI=1S/C22H17NO5S/c24-21-13-8-17-14-19(11-12-20(17)23-21)29(26,27)28-18-9-6-16(7-10-18)22(25)15-4-2-1-3-5-15/h1-7,9-12,14H,8,13H2,(H,23,24). The molecule has 1 N–H and O–H groups in total. The van der Waals surface area contributed by atoms with Crippen molar-refractivity contribution in [1.29, 1.82) is 0 Å². The molecule has 3 aromatic carbocycles. The van der Waals surface area contributed by atoms with Gasteiger partial charge in [0.25, 0.3) is 0 Å². The van der Waals surface area contributed by atoms with E-state index in [9.17, 15) is 18.0 Å². The van der Waals surface area contributed by atoms with Crippen molar-refractivity contribution < 1.29 is 22.2 Å². The van der Waals surface area contributed by atoms with Crippen LogP contribution in [0.15, 0.2) is 77.7 Å². The molecular formula is C22H17NO5S. The number of rotatable bonds is 5. The summed E-state index contributed by atoms with van der Waals surface area (Å²) in [6, 6.07) is 19.2. The lowest BCUT2D eigenvalue weighted by molar-refractivity contribution is -0.116. The van der Waals surface area contributed by atoms with E-state index in [2.05, 4.69) is 5.32 Å². The van der Waals surface area contributed by atoms with Crippen LogP contribution in [-0.4, -0.2) is 20.1 Å². The van der Waals surface area contributed by atoms with Gasteiger partial charge < -0.3 is 9.50 Å². The molecule has 29 heavy (non-hydrogen) atoms. The molecule has 1 amide bonds. The number of fused-ring (bicyclic) bond motifs is 1. The summed E-state index contributed by atoms with van der Waals surface area (Å²) < 4.78 is 30.4. The van der Waals surface area contributed by atoms with Gasteiger partial charge in [-0.05, 0) is 54.4 Å². The van der Waals surface area contributed by atoms with Crippen molar-refractivity contribution in [2.45, 2.75) is 17.7 Å². The molecule has 0 fully saturated rings. The maximum absolute atomic E-state index is 12.6. The summed E-state index contributed by atoms with van der Waals surface area (Å²) >= 11 is 0. The first-order valence-corrected chi connectivity index (χ1v) is 10.4. The second-order valence-corrected chi connectivity index (χ2v) is 8.17. The number of hydrogen-bond acceptors (Lipinski definition) is 5. The number of anilines is 1. The van der Waals surface area contributed by atoms with Gasteiger partial charge in [-0.25, -0.2) is 0 Å². The Hall–Kier alpha value is -3.45. The molecule has 1 aliphatic rings. The molecule has 0 bridgehead atoms. The predicted molar refractivity (Wildman–Crippen MR) is 108 cm³/mol. The van der Waals surface area contributed by atoms with E-state index < -0.39 is 10.1 Å². The van der Waals surface area contributed by atoms with Gasteiger partial charge in [0, 0.05) is 23.2 Å². The Morgan fingerprint density at radius 3 is 2.28 bits per heavy atom. The number of carbonyl (C=O) groups is 2. The lowest BCUT2D eigenvalue weighted by Crippen LogP contribution is -2.19. The number of carbonyl (C=O) groups excluding carboxylic acids is 2. The van der Waals surface area contributed by atoms with Crippen LogP contribution in [0.1, 0.15) is 27.9 Å². The number of benzene rings is 3. The van der Waals surface area contributed by atoms with E-state index in [1.54, 1.807) is 30.3 Å². The highest BCUT2D eigenvalue weighted by Gasteiger charge is 2.21. The molecular weight excluding hydrogens is 390 g/mol. The zero-order chi connectivity index (χ0) is 20.4. The second kappa shape index (κ2) is 7.52. The molecule has 146 valence electrons. The fourth-order valence-corrected chi connectivity index (χ4v) is 4.09. The van der Waals surface area contributed by atoms with Gasteiger partial charge in [-0.1, -0.05) is 30.3 Å². The highest BCUT2D eigenvalue weighted by atomic mass is 32.2. The quantitative estimate of drug-likeness (QED) is 0.516. The van der Waals surface area contributed by atoms with Crippen LogP contribution in [0.3, 0.4) is 0 Å². The molecule has 0 saturated heterocycles. The van der Waals surface area contributed by atoms with Gasteiger partial charge in [-0.2, -0.15) is 8.42 Å². The van der Waals surface area contributed by atoms with Crippen LogP contribution in [-0.2, 0) is 21.3 Å². The topological polar surface area (TPSA) is 89.5 Å². The molecule has 0 radical (unpaired) electrons. The van der Waals surface area contributed by atoms with Crippen LogP contribution in [0.2, 0.25) is 0 Å². The van der Waals surface area contributed by atoms with Crippen molar-refractivity contribution in [3.8, 4) is 5.75 Å². The fourth-order valence-electron chi connectivity index (χ4n) is 3.11. The lowest BCUT2D eigenvalue weighted by Gasteiger charge is -2.17. The van der Waals surface area contributed by atoms with E-state index in [4.69, 9.17) is 4.18 Å². The molecule has 0 spiro atoms. The molecule has 0 aliphatic carbocycles. The Labute approximate surface area is 168 Å². The van der Waals surface area contributed by atoms with Gasteiger partial charge in [-0.3, -0.25) is 9.59 Å². The van der Waals surface area contributed by atoms with Gasteiger partial charge in [0.1, 0.15) is 10.6 Å². The first-order chi connectivity index (χ1) is 13.9. The Kier molecular flexibility index (Phi) is 4.90. The summed E-state index contributed by atoms with van der Waals surface area (Å²) in [5.41, 5.74) is 2.35. The van der Waals surface area contributed by atoms with E-state index in [-0.39, 0.29) is 22.3 Å². The molecule has 1 aliphatic heterocycles. The molecule has 4 rings (SSSR count). The smallest absolute Gasteiger partial charge is 0.339 e. The first-order valence-electron chi connectivity index (χ1n) is 8.99. The zero-order valence-corrected chi connectivity index (χ0v) is 16.1. The summed E-state index contributed by atoms with van der Waals surface area (Å²) in [6.07, 6.45) is 0.787. The van der Waals surface area contributed by atoms with Crippen LogP contribution >= 0.6 is 0 Å². The number of aryl methyl sites for hydroxylation is 1. The third-order valence-corrected chi connectivity index (χ3v) is 5.86. The van der Waals surface area contributed by atoms with E-state index >= 15 is 0 Å². The van der Waals surface area contributed by atoms with Gasteiger partial charge in [0.2, 0.25) is 5.91 Å². The van der Waals surface area contributed by atoms with Crippen LogP contribution in [0.5, 0.6) is 5.75 Å². The van der Waals surface area contributed by atoms with Gasteiger partial charge >= 0.3 is 10.1 Å². The summed E-state index contributed by atoms with van der Waals surface area (Å²) in [4.78, 5) is 23.9. The van der Waals surface area contributed by atoms with Crippen molar-refractivity contribution in [3.63, 3.8) is 0 Å². The largest absolute Gasteiger partial charge is 0.379 e. The third kappa shape index (κ3) is 4.05. The Bertz CT molecular complexity index is 1190. The van der Waals surface area contributed by atoms with E-state index in [1.165, 1.54) is 36.4 Å². The minimum absolute atomic E-state index is 0.0110. The maximum Gasteiger partial charge on any atom is 0.339 e. The molecule has 6 nitrogen and oxygen atoms in total. The molecule has 7 heteroatoms. The first kappa shape index (κ1) is 18.9. The Balaban J connectivity index is 1.53. The van der Waals surface area contributed by atoms with Crippen molar-refractivity contribution in [1.82, 2.24) is 0 Å². The van der Waals surface area contributed by atoms with Crippen LogP contribution in [0, 0.1) is 0 Å². The van der Waals surface area contributed by atoms with Gasteiger partial charge in [-0.15, -0.1) is 0 Å². The molecule has 0 atom stereocenters. The van der Waals surface area contributed by atoms with Crippen molar-refractivity contribution >= 4 is 27.5 Å². The predicted octanol–water partition coefficient (Wildman–Crippen LogP) is 3.57. The number of hydrogen-bond donors (Lipinski definition) is 1. The SMILES string of the molecule is O=C1CCc2cc(S(=O)(=O)Oc3ccc(C(=O)c4ccccc4)cc3)ccc2N1. The van der Waals surface area contributed by atoms with Crippen LogP contribution in [0.25, 0.3) is 0 Å². The highest BCUT2D eigenvalue weighted by molar-refractivity contribution is 7.87. The molecule has 0 unspecified atom stereocenters. The van der Waals surface area contributed by atoms with E-state index in [1.807, 2.05) is 6.07 Å². The minimum atomic E-state index is -4.04. The summed E-state index contributed by atoms with van der Waals surface area (Å²) in [5.74, 6) is -0.133. The third-order valence-electron chi connectivity index (χ3n) is 4.62. The average Bonchev–Trinajstić information content (AvgIpc) is 2.73. The summed E-state index contributed by atoms with van der Waals surface area (Å²) in [7, 11) is -4.04. The monoisotopic (exact) mass is 407 g/mol. The Morgan fingerprint density at radius 1 is 0.862 bits per heavy atom. The van der Waals surface area contributed by atoms with Crippen molar-refractivity contribution in [2.24, 2.45) is 0 Å². The minimum Gasteiger partial charge on any atom is -0.379 e. The van der Waals surface area contributed by atoms with Gasteiger partial charge in [0.05, 0.1) is 0 Å². The Morgan fingerprint density at radius 2 is 1.55 bits per heavy atom. The molecule has 1 heterocycles. The number of amides is 1. The number of nitrogens with one attached hydrogen (secondary N) is 1. The van der Waals surface area contributed by atoms with E-state index in [0.717, 1.165) is 5.56 Å². The lowest BCUT2D eigenvalue weighted by atomic mass is 10.0. The summed E-state index contributed by atoms with van der Waals surface area (Å²) in [6.45, 7) is 0. The summed E-state index contributed by atoms with van der Waals surface area (Å²) in [5, 5.41) is 2.71. The number of ketones is 1. The normalized spacial score (nSPS) is 13.3. The molecule has 3 aromatic rings. The van der Waals surface area contributed by atoms with E-state index in [0.29, 0.717) is 29.7 Å². The zero-order valence-electron chi connectivity index (χ0n) is 15.3. The van der Waals surface area contributed by atoms with Crippen molar-refractivity contribution in [3.05, 3.63) is 89.5 Å². The maximum atomic E-state index is 12.6. The van der Waals surface area contributed by atoms with Gasteiger partial charge in [0.15, 0.2) is 5.78 Å². The van der Waals surface area contributed by atoms with Crippen LogP contribution < -0.4 is 9.50 Å². The fraction of sp³-hybridized carbons (Fsp3) is 0.0909. The highest BCUT2D eigenvalue weighted by Crippen LogP contribution is 2.27. The second-order valence-electron chi connectivity index (χ2n) is 6.62. The van der Waals surface area contributed by atoms with Crippen LogP contribution in [0.4, 0.5) is 5.69 Å². The van der Waals surface area contributed by atoms with Crippen molar-refractivity contribution in [2.75, 3.05) is 5.32 Å². The molecule has 0 aromatic heterocycles. The average molecular weight is 407 g/mol. The molecule has 0 saturated carbocycles.